The van der Waals surface area contributed by atoms with Crippen molar-refractivity contribution in [3.63, 3.8) is 0 Å². The lowest BCUT2D eigenvalue weighted by Gasteiger charge is -2.23. The number of amides is 2. The van der Waals surface area contributed by atoms with E-state index in [1.54, 1.807) is 31.4 Å². The molecule has 1 aliphatic heterocycles. The summed E-state index contributed by atoms with van der Waals surface area (Å²) in [6.07, 6.45) is 2.51. The minimum absolute atomic E-state index is 0.0166. The number of hydrogen-bond donors (Lipinski definition) is 1. The van der Waals surface area contributed by atoms with Crippen molar-refractivity contribution in [1.82, 2.24) is 5.32 Å². The van der Waals surface area contributed by atoms with Crippen LogP contribution in [-0.4, -0.2) is 25.0 Å². The van der Waals surface area contributed by atoms with Crippen molar-refractivity contribution in [2.75, 3.05) is 12.0 Å². The highest BCUT2D eigenvalue weighted by atomic mass is 16.5. The van der Waals surface area contributed by atoms with Crippen LogP contribution in [0.3, 0.4) is 0 Å². The number of nitrogens with one attached hydrogen (secondary N) is 1. The molecule has 1 aliphatic rings. The van der Waals surface area contributed by atoms with E-state index in [1.165, 1.54) is 0 Å². The van der Waals surface area contributed by atoms with Gasteiger partial charge in [0.25, 0.3) is 5.91 Å². The molecule has 5 heteroatoms. The number of fused-ring (bicyclic) bond motifs is 1. The summed E-state index contributed by atoms with van der Waals surface area (Å²) >= 11 is 0. The van der Waals surface area contributed by atoms with Crippen molar-refractivity contribution >= 4 is 17.5 Å². The van der Waals surface area contributed by atoms with Crippen LogP contribution >= 0.6 is 0 Å². The average molecular weight is 395 g/mol. The maximum Gasteiger partial charge on any atom is 0.258 e. The summed E-state index contributed by atoms with van der Waals surface area (Å²) < 4.78 is 5.19. The van der Waals surface area contributed by atoms with E-state index in [1.807, 2.05) is 30.9 Å². The number of hydrogen-bond acceptors (Lipinski definition) is 3. The van der Waals surface area contributed by atoms with E-state index in [0.717, 1.165) is 41.8 Å². The Morgan fingerprint density at radius 1 is 1.14 bits per heavy atom. The molecule has 0 aliphatic carbocycles. The lowest BCUT2D eigenvalue weighted by molar-refractivity contribution is -0.125. The van der Waals surface area contributed by atoms with E-state index < -0.39 is 0 Å². The summed E-state index contributed by atoms with van der Waals surface area (Å²) in [4.78, 5) is 27.3. The van der Waals surface area contributed by atoms with Crippen LogP contribution in [0.4, 0.5) is 5.69 Å². The quantitative estimate of drug-likeness (QED) is 0.760. The minimum Gasteiger partial charge on any atom is -0.497 e. The van der Waals surface area contributed by atoms with Gasteiger partial charge in [-0.1, -0.05) is 26.0 Å². The summed E-state index contributed by atoms with van der Waals surface area (Å²) in [6.45, 7) is 6.61. The Labute approximate surface area is 173 Å². The Morgan fingerprint density at radius 2 is 1.83 bits per heavy atom. The molecule has 0 saturated heterocycles. The number of methoxy groups -OCH3 is 1. The summed E-state index contributed by atoms with van der Waals surface area (Å²) in [5.74, 6) is 0.858. The Hall–Kier alpha value is -2.82. The molecule has 2 aromatic carbocycles. The molecule has 1 atom stereocenters. The number of ether oxygens (including phenoxy) is 1. The topological polar surface area (TPSA) is 58.6 Å². The first-order valence-electron chi connectivity index (χ1n) is 10.4. The summed E-state index contributed by atoms with van der Waals surface area (Å²) in [6, 6.07) is 13.4. The van der Waals surface area contributed by atoms with Crippen molar-refractivity contribution in [3.05, 3.63) is 59.2 Å². The second-order valence-corrected chi connectivity index (χ2v) is 7.65. The second-order valence-electron chi connectivity index (χ2n) is 7.65. The van der Waals surface area contributed by atoms with Crippen LogP contribution in [-0.2, 0) is 17.8 Å². The molecule has 0 radical (unpaired) electrons. The lowest BCUT2D eigenvalue weighted by Crippen LogP contribution is -2.35. The highest BCUT2D eigenvalue weighted by Crippen LogP contribution is 2.34. The predicted molar refractivity (Wildman–Crippen MR) is 115 cm³/mol. The number of nitrogens with zero attached hydrogens (tertiary/aromatic N) is 1. The molecule has 1 heterocycles. The zero-order valence-electron chi connectivity index (χ0n) is 17.7. The van der Waals surface area contributed by atoms with Crippen LogP contribution in [0.1, 0.15) is 55.1 Å². The van der Waals surface area contributed by atoms with Gasteiger partial charge in [-0.05, 0) is 67.6 Å². The number of anilines is 1. The van der Waals surface area contributed by atoms with Gasteiger partial charge in [0.2, 0.25) is 5.91 Å². The van der Waals surface area contributed by atoms with Gasteiger partial charge in [-0.3, -0.25) is 9.59 Å². The van der Waals surface area contributed by atoms with Crippen LogP contribution in [0.2, 0.25) is 0 Å². The smallest absolute Gasteiger partial charge is 0.258 e. The lowest BCUT2D eigenvalue weighted by atomic mass is 10.0. The van der Waals surface area contributed by atoms with Gasteiger partial charge in [-0.25, -0.2) is 0 Å². The molecule has 0 aromatic heterocycles. The SMILES string of the molecule is CCC(CC)C(=O)NCc1ccc2c(c1)N(C(=O)c1ccc(OC)cc1)[C@@H](C)C2. The highest BCUT2D eigenvalue weighted by molar-refractivity contribution is 6.07. The molecule has 0 fully saturated rings. The third-order valence-corrected chi connectivity index (χ3v) is 5.74. The summed E-state index contributed by atoms with van der Waals surface area (Å²) in [7, 11) is 1.61. The third kappa shape index (κ3) is 4.44. The first-order chi connectivity index (χ1) is 14.0. The van der Waals surface area contributed by atoms with Crippen molar-refractivity contribution in [3.8, 4) is 5.75 Å². The highest BCUT2D eigenvalue weighted by Gasteiger charge is 2.31. The monoisotopic (exact) mass is 394 g/mol. The van der Waals surface area contributed by atoms with E-state index >= 15 is 0 Å². The van der Waals surface area contributed by atoms with E-state index in [2.05, 4.69) is 18.3 Å². The van der Waals surface area contributed by atoms with Crippen LogP contribution in [0.15, 0.2) is 42.5 Å². The molecular formula is C24H30N2O3. The molecule has 1 N–H and O–H groups in total. The van der Waals surface area contributed by atoms with E-state index in [9.17, 15) is 9.59 Å². The maximum atomic E-state index is 13.2. The first-order valence-corrected chi connectivity index (χ1v) is 10.4. The van der Waals surface area contributed by atoms with Gasteiger partial charge in [0.1, 0.15) is 5.75 Å². The molecule has 0 spiro atoms. The Balaban J connectivity index is 1.78. The average Bonchev–Trinajstić information content (AvgIpc) is 3.07. The molecular weight excluding hydrogens is 364 g/mol. The molecule has 2 amide bonds. The molecule has 2 aromatic rings. The molecule has 29 heavy (non-hydrogen) atoms. The summed E-state index contributed by atoms with van der Waals surface area (Å²) in [5.41, 5.74) is 3.74. The minimum atomic E-state index is -0.0166. The molecule has 5 nitrogen and oxygen atoms in total. The van der Waals surface area contributed by atoms with Gasteiger partial charge < -0.3 is 15.0 Å². The molecule has 3 rings (SSSR count). The molecule has 0 saturated carbocycles. The fourth-order valence-corrected chi connectivity index (χ4v) is 3.94. The second kappa shape index (κ2) is 9.12. The summed E-state index contributed by atoms with van der Waals surface area (Å²) in [5, 5.41) is 3.04. The Kier molecular flexibility index (Phi) is 6.57. The van der Waals surface area contributed by atoms with E-state index in [-0.39, 0.29) is 23.8 Å². The first kappa shape index (κ1) is 20.9. The van der Waals surface area contributed by atoms with Crippen LogP contribution in [0.25, 0.3) is 0 Å². The zero-order valence-corrected chi connectivity index (χ0v) is 17.7. The number of carbonyl (C=O) groups excluding carboxylic acids is 2. The largest absolute Gasteiger partial charge is 0.497 e. The van der Waals surface area contributed by atoms with E-state index in [0.29, 0.717) is 12.1 Å². The fourth-order valence-electron chi connectivity index (χ4n) is 3.94. The molecule has 154 valence electrons. The van der Waals surface area contributed by atoms with Gasteiger partial charge >= 0.3 is 0 Å². The molecule has 0 unspecified atom stereocenters. The van der Waals surface area contributed by atoms with Gasteiger partial charge in [-0.15, -0.1) is 0 Å². The van der Waals surface area contributed by atoms with Gasteiger partial charge in [0, 0.05) is 29.8 Å². The normalized spacial score (nSPS) is 15.3. The van der Waals surface area contributed by atoms with Crippen LogP contribution in [0, 0.1) is 5.92 Å². The van der Waals surface area contributed by atoms with Crippen LogP contribution < -0.4 is 15.0 Å². The fraction of sp³-hybridized carbons (Fsp3) is 0.417. The number of benzene rings is 2. The van der Waals surface area contributed by atoms with E-state index in [4.69, 9.17) is 4.74 Å². The van der Waals surface area contributed by atoms with Gasteiger partial charge in [0.15, 0.2) is 0 Å². The number of rotatable bonds is 7. The Morgan fingerprint density at radius 3 is 2.45 bits per heavy atom. The molecule has 0 bridgehead atoms. The van der Waals surface area contributed by atoms with Crippen LogP contribution in [0.5, 0.6) is 5.75 Å². The van der Waals surface area contributed by atoms with Gasteiger partial charge in [0.05, 0.1) is 7.11 Å². The maximum absolute atomic E-state index is 13.2. The van der Waals surface area contributed by atoms with Crippen molar-refractivity contribution < 1.29 is 14.3 Å². The Bertz CT molecular complexity index is 872. The van der Waals surface area contributed by atoms with Crippen molar-refractivity contribution in [1.29, 1.82) is 0 Å². The van der Waals surface area contributed by atoms with Crippen molar-refractivity contribution in [2.45, 2.75) is 52.6 Å². The third-order valence-electron chi connectivity index (χ3n) is 5.74. The van der Waals surface area contributed by atoms with Crippen molar-refractivity contribution in [2.24, 2.45) is 5.92 Å². The standard InChI is InChI=1S/C24H30N2O3/c1-5-18(6-2)23(27)25-15-17-7-8-20-13-16(3)26(22(20)14-17)24(28)19-9-11-21(29-4)12-10-19/h7-12,14,16,18H,5-6,13,15H2,1-4H3,(H,25,27)/t16-/m0/s1. The van der Waals surface area contributed by atoms with Gasteiger partial charge in [-0.2, -0.15) is 0 Å². The predicted octanol–water partition coefficient (Wildman–Crippen LogP) is 4.34. The zero-order chi connectivity index (χ0) is 21.0. The number of carbonyl (C=O) groups is 2.